The number of hydrogen-bond acceptors (Lipinski definition) is 11. The summed E-state index contributed by atoms with van der Waals surface area (Å²) in [5.74, 6) is -2.73. The number of phenols is 2. The second-order valence-corrected chi connectivity index (χ2v) is 13.5. The van der Waals surface area contributed by atoms with Crippen molar-refractivity contribution in [3.05, 3.63) is 114 Å². The number of rotatable bonds is 17. The Morgan fingerprint density at radius 1 is 0.782 bits per heavy atom. The fourth-order valence-electron chi connectivity index (χ4n) is 6.47. The van der Waals surface area contributed by atoms with Crippen LogP contribution in [-0.4, -0.2) is 96.1 Å². The molecule has 4 aromatic carbocycles. The van der Waals surface area contributed by atoms with Gasteiger partial charge in [0.05, 0.1) is 30.8 Å². The van der Waals surface area contributed by atoms with Gasteiger partial charge in [0.2, 0.25) is 17.7 Å². The van der Waals surface area contributed by atoms with Crippen LogP contribution in [0.25, 0.3) is 11.1 Å². The van der Waals surface area contributed by atoms with Gasteiger partial charge < -0.3 is 56.4 Å². The second-order valence-electron chi connectivity index (χ2n) is 13.5. The minimum Gasteiger partial charge on any atom is -0.508 e. The molecule has 0 spiro atoms. The number of benzene rings is 4. The van der Waals surface area contributed by atoms with Crippen LogP contribution in [0.15, 0.2) is 91.0 Å². The van der Waals surface area contributed by atoms with Gasteiger partial charge in [0, 0.05) is 24.3 Å². The van der Waals surface area contributed by atoms with Gasteiger partial charge in [-0.15, -0.1) is 0 Å². The average Bonchev–Trinajstić information content (AvgIpc) is 3.18. The zero-order chi connectivity index (χ0) is 39.8. The molecule has 1 saturated heterocycles. The summed E-state index contributed by atoms with van der Waals surface area (Å²) in [5, 5.41) is 84.7. The zero-order valence-corrected chi connectivity index (χ0v) is 29.6. The molecule has 1 aliphatic rings. The average molecular weight is 762 g/mol. The predicted molar refractivity (Wildman–Crippen MR) is 197 cm³/mol. The van der Waals surface area contributed by atoms with Crippen molar-refractivity contribution in [1.29, 1.82) is 0 Å². The Bertz CT molecular complexity index is 1950. The van der Waals surface area contributed by atoms with Crippen molar-refractivity contribution >= 4 is 23.4 Å². The van der Waals surface area contributed by atoms with E-state index in [1.165, 1.54) is 30.3 Å². The van der Waals surface area contributed by atoms with E-state index < -0.39 is 79.7 Å². The lowest BCUT2D eigenvalue weighted by molar-refractivity contribution is -0.132. The van der Waals surface area contributed by atoms with Crippen LogP contribution in [0.5, 0.6) is 11.5 Å². The molecule has 15 heteroatoms. The number of phenolic OH excluding ortho intramolecular Hbond substituents is 2. The predicted octanol–water partition coefficient (Wildman–Crippen LogP) is 1.68. The maximum atomic E-state index is 13.7. The molecular formula is C40H44FN3O11. The molecule has 0 radical (unpaired) electrons. The molecular weight excluding hydrogens is 717 g/mol. The van der Waals surface area contributed by atoms with Gasteiger partial charge in [0.15, 0.2) is 0 Å². The van der Waals surface area contributed by atoms with Crippen molar-refractivity contribution < 1.29 is 59.6 Å². The highest BCUT2D eigenvalue weighted by Crippen LogP contribution is 2.49. The van der Waals surface area contributed by atoms with E-state index in [1.54, 1.807) is 65.6 Å². The molecule has 5 rings (SSSR count). The summed E-state index contributed by atoms with van der Waals surface area (Å²) in [7, 11) is 0. The highest BCUT2D eigenvalue weighted by Gasteiger charge is 2.49. The van der Waals surface area contributed by atoms with Crippen LogP contribution in [0.4, 0.5) is 10.1 Å². The van der Waals surface area contributed by atoms with Crippen molar-refractivity contribution in [2.24, 2.45) is 5.92 Å². The summed E-state index contributed by atoms with van der Waals surface area (Å²) >= 11 is 0. The molecule has 1 aliphatic heterocycles. The number of anilines is 1. The van der Waals surface area contributed by atoms with Crippen LogP contribution in [0.3, 0.4) is 0 Å². The van der Waals surface area contributed by atoms with Gasteiger partial charge in [-0.05, 0) is 77.6 Å². The first-order chi connectivity index (χ1) is 26.3. The van der Waals surface area contributed by atoms with E-state index in [1.807, 2.05) is 0 Å². The van der Waals surface area contributed by atoms with E-state index in [4.69, 9.17) is 5.11 Å². The minimum atomic E-state index is -1.87. The van der Waals surface area contributed by atoms with Gasteiger partial charge in [0.1, 0.15) is 42.0 Å². The Morgan fingerprint density at radius 3 is 2.09 bits per heavy atom. The SMILES string of the molecule is O=C(CC(=O)NC[C@H](O)[C@@H](O)[C@H](O)[C@H](O)CO)NCc1ccc(N2C(=O)[C@H](CC[C@H](O)c3ccc(F)cc3)[C@H]2c2ccc(-c3cccc(O)c3)cc2O)cc1. The molecule has 1 heterocycles. The van der Waals surface area contributed by atoms with Crippen LogP contribution < -0.4 is 15.5 Å². The summed E-state index contributed by atoms with van der Waals surface area (Å²) in [6.07, 6.45) is -8.21. The summed E-state index contributed by atoms with van der Waals surface area (Å²) in [6, 6.07) is 23.2. The molecule has 55 heavy (non-hydrogen) atoms. The zero-order valence-electron chi connectivity index (χ0n) is 29.6. The smallest absolute Gasteiger partial charge is 0.233 e. The van der Waals surface area contributed by atoms with Gasteiger partial charge in [-0.2, -0.15) is 0 Å². The number of aromatic hydroxyl groups is 2. The number of β-lactam (4-membered cyclic amide) rings is 1. The molecule has 10 N–H and O–H groups in total. The van der Waals surface area contributed by atoms with Crippen molar-refractivity contribution in [2.45, 2.75) is 62.4 Å². The summed E-state index contributed by atoms with van der Waals surface area (Å²) in [5.41, 5.74) is 3.45. The highest BCUT2D eigenvalue weighted by atomic mass is 19.1. The molecule has 0 unspecified atom stereocenters. The Balaban J connectivity index is 1.23. The monoisotopic (exact) mass is 761 g/mol. The van der Waals surface area contributed by atoms with E-state index in [0.29, 0.717) is 33.5 Å². The third-order valence-electron chi connectivity index (χ3n) is 9.61. The quantitative estimate of drug-likeness (QED) is 0.0549. The number of nitrogens with zero attached hydrogens (tertiary/aromatic N) is 1. The molecule has 292 valence electrons. The molecule has 7 atom stereocenters. The number of aliphatic hydroxyl groups excluding tert-OH is 6. The van der Waals surface area contributed by atoms with Crippen molar-refractivity contribution in [3.8, 4) is 22.6 Å². The Kier molecular flexibility index (Phi) is 13.5. The van der Waals surface area contributed by atoms with Crippen LogP contribution in [0.1, 0.15) is 48.1 Å². The van der Waals surface area contributed by atoms with Crippen molar-refractivity contribution in [2.75, 3.05) is 18.1 Å². The highest BCUT2D eigenvalue weighted by molar-refractivity contribution is 6.03. The third kappa shape index (κ3) is 10.0. The number of aliphatic hydroxyl groups is 6. The summed E-state index contributed by atoms with van der Waals surface area (Å²) in [4.78, 5) is 39.9. The van der Waals surface area contributed by atoms with Crippen molar-refractivity contribution in [3.63, 3.8) is 0 Å². The molecule has 14 nitrogen and oxygen atoms in total. The van der Waals surface area contributed by atoms with Gasteiger partial charge in [-0.3, -0.25) is 14.4 Å². The molecule has 0 saturated carbocycles. The molecule has 0 bridgehead atoms. The maximum absolute atomic E-state index is 13.7. The number of carbonyl (C=O) groups is 3. The fourth-order valence-corrected chi connectivity index (χ4v) is 6.47. The molecule has 3 amide bonds. The van der Waals surface area contributed by atoms with E-state index >= 15 is 0 Å². The second kappa shape index (κ2) is 18.3. The van der Waals surface area contributed by atoms with Crippen molar-refractivity contribution in [1.82, 2.24) is 10.6 Å². The molecule has 0 aliphatic carbocycles. The van der Waals surface area contributed by atoms with Crippen LogP contribution >= 0.6 is 0 Å². The lowest BCUT2D eigenvalue weighted by atomic mass is 9.77. The summed E-state index contributed by atoms with van der Waals surface area (Å²) < 4.78 is 13.4. The maximum Gasteiger partial charge on any atom is 0.233 e. The van der Waals surface area contributed by atoms with Crippen LogP contribution in [-0.2, 0) is 20.9 Å². The summed E-state index contributed by atoms with van der Waals surface area (Å²) in [6.45, 7) is -1.36. The van der Waals surface area contributed by atoms with E-state index in [2.05, 4.69) is 10.6 Å². The lowest BCUT2D eigenvalue weighted by Crippen LogP contribution is -2.55. The topological polar surface area (TPSA) is 240 Å². The molecule has 1 fully saturated rings. The largest absolute Gasteiger partial charge is 0.508 e. The first-order valence-corrected chi connectivity index (χ1v) is 17.6. The fraction of sp³-hybridized carbons (Fsp3) is 0.325. The van der Waals surface area contributed by atoms with Crippen LogP contribution in [0, 0.1) is 11.7 Å². The molecule has 0 aromatic heterocycles. The van der Waals surface area contributed by atoms with E-state index in [0.717, 1.165) is 0 Å². The number of nitrogens with one attached hydrogen (secondary N) is 2. The standard InChI is InChI=1S/C40H44FN3O11/c41-26-9-6-23(7-10-26)31(47)15-14-30-37(29-13-8-25(17-32(29)48)24-2-1-3-28(46)16-24)44(40(30)55)27-11-4-22(5-12-27)19-42-35(51)18-36(52)43-20-33(49)38(53)39(54)34(50)21-45/h1-13,16-17,30-31,33-34,37-39,45-50,53-54H,14-15,18-21H2,(H,42,51)(H,43,52)/t30-,31+,33+,34-,37-,38-,39-/m1/s1. The number of halogens is 1. The van der Waals surface area contributed by atoms with Gasteiger partial charge in [-0.1, -0.05) is 48.5 Å². The van der Waals surface area contributed by atoms with E-state index in [-0.39, 0.29) is 36.8 Å². The van der Waals surface area contributed by atoms with Gasteiger partial charge in [0.25, 0.3) is 0 Å². The third-order valence-corrected chi connectivity index (χ3v) is 9.61. The van der Waals surface area contributed by atoms with Gasteiger partial charge >= 0.3 is 0 Å². The lowest BCUT2D eigenvalue weighted by Gasteiger charge is -2.48. The first-order valence-electron chi connectivity index (χ1n) is 17.6. The number of amides is 3. The Hall–Kier alpha value is -5.42. The van der Waals surface area contributed by atoms with E-state index in [9.17, 15) is 54.5 Å². The molecule has 4 aromatic rings. The van der Waals surface area contributed by atoms with Gasteiger partial charge in [-0.25, -0.2) is 4.39 Å². The normalized spacial score (nSPS) is 18.1. The number of hydrogen-bond donors (Lipinski definition) is 10. The number of carbonyl (C=O) groups excluding carboxylic acids is 3. The first kappa shape index (κ1) is 40.8. The minimum absolute atomic E-state index is 0.0253. The Morgan fingerprint density at radius 2 is 1.44 bits per heavy atom. The van der Waals surface area contributed by atoms with Crippen LogP contribution in [0.2, 0.25) is 0 Å². The Labute approximate surface area is 315 Å².